The van der Waals surface area contributed by atoms with Gasteiger partial charge in [-0.05, 0) is 11.4 Å². The molecule has 1 fully saturated rings. The molecule has 2 aromatic rings. The fourth-order valence-corrected chi connectivity index (χ4v) is 2.94. The van der Waals surface area contributed by atoms with Crippen molar-refractivity contribution < 1.29 is 9.32 Å². The summed E-state index contributed by atoms with van der Waals surface area (Å²) in [5.41, 5.74) is 0. The van der Waals surface area contributed by atoms with E-state index >= 15 is 0 Å². The third-order valence-corrected chi connectivity index (χ3v) is 4.37. The number of carbonyl (C=O) groups is 1. The van der Waals surface area contributed by atoms with Gasteiger partial charge in [0.25, 0.3) is 5.91 Å². The number of nitrogens with zero attached hydrogens (tertiary/aromatic N) is 4. The number of piperazine rings is 1. The Hall–Kier alpha value is -1.89. The van der Waals surface area contributed by atoms with Gasteiger partial charge in [-0.15, -0.1) is 11.3 Å². The molecule has 112 valence electrons. The van der Waals surface area contributed by atoms with Gasteiger partial charge in [0.05, 0.1) is 4.88 Å². The highest BCUT2D eigenvalue weighted by atomic mass is 32.1. The first-order valence-electron chi connectivity index (χ1n) is 7.06. The van der Waals surface area contributed by atoms with Crippen LogP contribution in [0.4, 0.5) is 6.01 Å². The molecule has 7 heteroatoms. The van der Waals surface area contributed by atoms with E-state index in [-0.39, 0.29) is 11.8 Å². The molecule has 1 aliphatic heterocycles. The quantitative estimate of drug-likeness (QED) is 0.870. The average molecular weight is 306 g/mol. The second kappa shape index (κ2) is 5.85. The molecule has 0 bridgehead atoms. The lowest BCUT2D eigenvalue weighted by molar-refractivity contribution is 0.0749. The van der Waals surface area contributed by atoms with Crippen LogP contribution in [0.2, 0.25) is 0 Å². The molecule has 0 aliphatic carbocycles. The standard InChI is InChI=1S/C14H18N4O2S/c1-10(2)12-15-14(20-16-12)18-7-5-17(6-8-18)13(19)11-4-3-9-21-11/h3-4,9-10H,5-8H2,1-2H3. The first-order valence-corrected chi connectivity index (χ1v) is 7.94. The van der Waals surface area contributed by atoms with Crippen molar-refractivity contribution in [2.75, 3.05) is 31.1 Å². The minimum atomic E-state index is 0.109. The van der Waals surface area contributed by atoms with Crippen molar-refractivity contribution in [1.82, 2.24) is 15.0 Å². The van der Waals surface area contributed by atoms with Crippen LogP contribution in [0.3, 0.4) is 0 Å². The molecule has 0 saturated carbocycles. The van der Waals surface area contributed by atoms with E-state index in [4.69, 9.17) is 4.52 Å². The summed E-state index contributed by atoms with van der Waals surface area (Å²) < 4.78 is 5.30. The third-order valence-electron chi connectivity index (χ3n) is 3.52. The fourth-order valence-electron chi connectivity index (χ4n) is 2.25. The number of carbonyl (C=O) groups excluding carboxylic acids is 1. The van der Waals surface area contributed by atoms with Crippen LogP contribution < -0.4 is 4.90 Å². The van der Waals surface area contributed by atoms with Crippen LogP contribution in [0.5, 0.6) is 0 Å². The average Bonchev–Trinajstić information content (AvgIpc) is 3.18. The fraction of sp³-hybridized carbons (Fsp3) is 0.500. The Balaban J connectivity index is 1.61. The van der Waals surface area contributed by atoms with Crippen molar-refractivity contribution in [2.24, 2.45) is 0 Å². The van der Waals surface area contributed by atoms with Crippen LogP contribution in [0.1, 0.15) is 35.3 Å². The van der Waals surface area contributed by atoms with Crippen LogP contribution in [0, 0.1) is 0 Å². The summed E-state index contributed by atoms with van der Waals surface area (Å²) in [7, 11) is 0. The number of hydrogen-bond donors (Lipinski definition) is 0. The number of aromatic nitrogens is 2. The van der Waals surface area contributed by atoms with E-state index in [0.29, 0.717) is 19.1 Å². The topological polar surface area (TPSA) is 62.5 Å². The number of amides is 1. The highest BCUT2D eigenvalue weighted by Gasteiger charge is 2.25. The van der Waals surface area contributed by atoms with Gasteiger partial charge < -0.3 is 14.3 Å². The zero-order chi connectivity index (χ0) is 14.8. The summed E-state index contributed by atoms with van der Waals surface area (Å²) in [4.78, 5) is 21.4. The molecule has 6 nitrogen and oxygen atoms in total. The maximum Gasteiger partial charge on any atom is 0.324 e. The van der Waals surface area contributed by atoms with Gasteiger partial charge in [0.2, 0.25) is 0 Å². The first-order chi connectivity index (χ1) is 10.1. The molecule has 1 saturated heterocycles. The molecule has 0 aromatic carbocycles. The minimum Gasteiger partial charge on any atom is -0.334 e. The molecule has 0 radical (unpaired) electrons. The van der Waals surface area contributed by atoms with E-state index in [9.17, 15) is 4.79 Å². The largest absolute Gasteiger partial charge is 0.334 e. The molecular formula is C14H18N4O2S. The van der Waals surface area contributed by atoms with Gasteiger partial charge in [0.1, 0.15) is 0 Å². The Bertz CT molecular complexity index is 600. The van der Waals surface area contributed by atoms with Gasteiger partial charge in [0, 0.05) is 32.1 Å². The zero-order valence-corrected chi connectivity index (χ0v) is 13.0. The van der Waals surface area contributed by atoms with Gasteiger partial charge in [-0.1, -0.05) is 25.1 Å². The summed E-state index contributed by atoms with van der Waals surface area (Å²) in [6.07, 6.45) is 0. The van der Waals surface area contributed by atoms with Crippen molar-refractivity contribution >= 4 is 23.3 Å². The molecule has 0 N–H and O–H groups in total. The highest BCUT2D eigenvalue weighted by molar-refractivity contribution is 7.12. The zero-order valence-electron chi connectivity index (χ0n) is 12.2. The van der Waals surface area contributed by atoms with Gasteiger partial charge in [-0.2, -0.15) is 4.98 Å². The van der Waals surface area contributed by atoms with Crippen LogP contribution in [-0.4, -0.2) is 47.1 Å². The van der Waals surface area contributed by atoms with E-state index in [0.717, 1.165) is 23.8 Å². The molecule has 21 heavy (non-hydrogen) atoms. The van der Waals surface area contributed by atoms with Crippen molar-refractivity contribution in [3.8, 4) is 0 Å². The first kappa shape index (κ1) is 14.1. The second-order valence-corrected chi connectivity index (χ2v) is 6.29. The summed E-state index contributed by atoms with van der Waals surface area (Å²) in [5, 5.41) is 5.90. The van der Waals surface area contributed by atoms with E-state index in [2.05, 4.69) is 10.1 Å². The molecule has 0 spiro atoms. The molecule has 3 heterocycles. The van der Waals surface area contributed by atoms with Crippen LogP contribution in [0.25, 0.3) is 0 Å². The SMILES string of the molecule is CC(C)c1noc(N2CCN(C(=O)c3cccs3)CC2)n1. The van der Waals surface area contributed by atoms with Crippen molar-refractivity contribution in [3.63, 3.8) is 0 Å². The minimum absolute atomic E-state index is 0.109. The Morgan fingerprint density at radius 3 is 2.67 bits per heavy atom. The highest BCUT2D eigenvalue weighted by Crippen LogP contribution is 2.19. The second-order valence-electron chi connectivity index (χ2n) is 5.35. The number of hydrogen-bond acceptors (Lipinski definition) is 6. The lowest BCUT2D eigenvalue weighted by Gasteiger charge is -2.33. The van der Waals surface area contributed by atoms with E-state index < -0.39 is 0 Å². The molecule has 0 atom stereocenters. The van der Waals surface area contributed by atoms with E-state index in [1.165, 1.54) is 11.3 Å². The molecular weight excluding hydrogens is 288 g/mol. The van der Waals surface area contributed by atoms with E-state index in [1.54, 1.807) is 0 Å². The van der Waals surface area contributed by atoms with Gasteiger partial charge >= 0.3 is 6.01 Å². The number of rotatable bonds is 3. The van der Waals surface area contributed by atoms with Crippen LogP contribution in [-0.2, 0) is 0 Å². The smallest absolute Gasteiger partial charge is 0.324 e. The lowest BCUT2D eigenvalue weighted by Crippen LogP contribution is -2.48. The van der Waals surface area contributed by atoms with Gasteiger partial charge in [0.15, 0.2) is 5.82 Å². The summed E-state index contributed by atoms with van der Waals surface area (Å²) in [5.74, 6) is 1.09. The van der Waals surface area contributed by atoms with Crippen molar-refractivity contribution in [3.05, 3.63) is 28.2 Å². The maximum absolute atomic E-state index is 12.3. The maximum atomic E-state index is 12.3. The molecule has 1 aliphatic rings. The normalized spacial score (nSPS) is 15.8. The summed E-state index contributed by atoms with van der Waals surface area (Å²) in [6.45, 7) is 6.86. The van der Waals surface area contributed by atoms with Crippen molar-refractivity contribution in [2.45, 2.75) is 19.8 Å². The van der Waals surface area contributed by atoms with Crippen LogP contribution in [0.15, 0.2) is 22.0 Å². The Kier molecular flexibility index (Phi) is 3.92. The van der Waals surface area contributed by atoms with Crippen molar-refractivity contribution in [1.29, 1.82) is 0 Å². The monoisotopic (exact) mass is 306 g/mol. The Labute approximate surface area is 127 Å². The summed E-state index contributed by atoms with van der Waals surface area (Å²) >= 11 is 1.48. The van der Waals surface area contributed by atoms with Gasteiger partial charge in [-0.25, -0.2) is 0 Å². The van der Waals surface area contributed by atoms with Crippen LogP contribution >= 0.6 is 11.3 Å². The molecule has 2 aromatic heterocycles. The van der Waals surface area contributed by atoms with Gasteiger partial charge in [-0.3, -0.25) is 4.79 Å². The Morgan fingerprint density at radius 2 is 2.10 bits per heavy atom. The lowest BCUT2D eigenvalue weighted by atomic mass is 10.2. The van der Waals surface area contributed by atoms with E-state index in [1.807, 2.05) is 41.2 Å². The third kappa shape index (κ3) is 2.92. The number of anilines is 1. The predicted octanol–water partition coefficient (Wildman–Crippen LogP) is 2.22. The molecule has 0 unspecified atom stereocenters. The Morgan fingerprint density at radius 1 is 1.33 bits per heavy atom. The summed E-state index contributed by atoms with van der Waals surface area (Å²) in [6, 6.07) is 4.33. The number of thiophene rings is 1. The molecule has 1 amide bonds. The molecule has 3 rings (SSSR count). The predicted molar refractivity (Wildman–Crippen MR) is 80.8 cm³/mol.